The van der Waals surface area contributed by atoms with Crippen molar-refractivity contribution in [3.8, 4) is 0 Å². The van der Waals surface area contributed by atoms with Crippen molar-refractivity contribution in [1.29, 1.82) is 0 Å². The van der Waals surface area contributed by atoms with Crippen molar-refractivity contribution >= 4 is 0 Å². The fourth-order valence-electron chi connectivity index (χ4n) is 1.49. The van der Waals surface area contributed by atoms with Crippen LogP contribution in [0.2, 0.25) is 0 Å². The van der Waals surface area contributed by atoms with Crippen LogP contribution in [0.25, 0.3) is 0 Å². The Bertz CT molecular complexity index is 245. The summed E-state index contributed by atoms with van der Waals surface area (Å²) in [5.41, 5.74) is 2.70. The lowest BCUT2D eigenvalue weighted by Crippen LogP contribution is -2.41. The number of hydroxylamine groups is 3. The number of nitrogens with zero attached hydrogens (tertiary/aromatic N) is 1. The molecule has 0 aromatic heterocycles. The molecule has 94 valence electrons. The third-order valence-corrected chi connectivity index (χ3v) is 3.02. The van der Waals surface area contributed by atoms with E-state index in [4.69, 9.17) is 0 Å². The van der Waals surface area contributed by atoms with Gasteiger partial charge < -0.3 is 9.85 Å². The Labute approximate surface area is 101 Å². The maximum Gasteiger partial charge on any atom is 0.0973 e. The minimum Gasteiger partial charge on any atom is -0.633 e. The van der Waals surface area contributed by atoms with E-state index in [1.807, 2.05) is 13.8 Å². The molecule has 0 heterocycles. The highest BCUT2D eigenvalue weighted by molar-refractivity contribution is 5.02. The lowest BCUT2D eigenvalue weighted by Gasteiger charge is -2.40. The Kier molecular flexibility index (Phi) is 7.35. The Balaban J connectivity index is 4.08. The molecule has 0 aliphatic carbocycles. The largest absolute Gasteiger partial charge is 0.633 e. The van der Waals surface area contributed by atoms with E-state index in [0.29, 0.717) is 19.6 Å². The van der Waals surface area contributed by atoms with Crippen LogP contribution in [0.1, 0.15) is 47.5 Å². The van der Waals surface area contributed by atoms with Crippen molar-refractivity contribution in [3.63, 3.8) is 0 Å². The minimum atomic E-state index is -0.0972. The van der Waals surface area contributed by atoms with Gasteiger partial charge in [-0.25, -0.2) is 0 Å². The first-order valence-electron chi connectivity index (χ1n) is 6.29. The van der Waals surface area contributed by atoms with Gasteiger partial charge in [0.1, 0.15) is 0 Å². The van der Waals surface area contributed by atoms with Crippen LogP contribution >= 0.6 is 0 Å². The second kappa shape index (κ2) is 7.64. The van der Waals surface area contributed by atoms with E-state index in [2.05, 4.69) is 32.9 Å². The van der Waals surface area contributed by atoms with Gasteiger partial charge in [-0.15, -0.1) is 0 Å². The molecule has 0 saturated heterocycles. The van der Waals surface area contributed by atoms with Crippen molar-refractivity contribution in [3.05, 3.63) is 28.5 Å². The Morgan fingerprint density at radius 1 is 1.06 bits per heavy atom. The van der Waals surface area contributed by atoms with Gasteiger partial charge >= 0.3 is 0 Å². The highest BCUT2D eigenvalue weighted by Crippen LogP contribution is 2.09. The van der Waals surface area contributed by atoms with Crippen LogP contribution in [0.4, 0.5) is 0 Å². The number of rotatable bonds is 7. The van der Waals surface area contributed by atoms with E-state index in [1.165, 1.54) is 11.1 Å². The SMILES string of the molecule is CC[N+]([O-])(CC)C/C=C(/C)CCC=C(C)C. The maximum atomic E-state index is 12.0. The molecular formula is C14H27NO. The molecular weight excluding hydrogens is 198 g/mol. The quantitative estimate of drug-likeness (QED) is 0.364. The molecule has 0 aliphatic rings. The third kappa shape index (κ3) is 6.81. The van der Waals surface area contributed by atoms with Gasteiger partial charge in [-0.2, -0.15) is 0 Å². The molecule has 16 heavy (non-hydrogen) atoms. The molecule has 0 aromatic carbocycles. The maximum absolute atomic E-state index is 12.0. The fourth-order valence-corrected chi connectivity index (χ4v) is 1.49. The van der Waals surface area contributed by atoms with E-state index in [-0.39, 0.29) is 4.65 Å². The molecule has 2 nitrogen and oxygen atoms in total. The minimum absolute atomic E-state index is 0.0972. The van der Waals surface area contributed by atoms with Crippen molar-refractivity contribution < 1.29 is 4.65 Å². The van der Waals surface area contributed by atoms with Crippen LogP contribution < -0.4 is 0 Å². The number of hydrogen-bond donors (Lipinski definition) is 0. The molecule has 0 aromatic rings. The highest BCUT2D eigenvalue weighted by atomic mass is 16.5. The predicted molar refractivity (Wildman–Crippen MR) is 72.0 cm³/mol. The number of likely N-dealkylation sites (N-methyl/N-ethyl adjacent to an activating group) is 1. The Morgan fingerprint density at radius 2 is 1.62 bits per heavy atom. The van der Waals surface area contributed by atoms with E-state index in [1.54, 1.807) is 0 Å². The topological polar surface area (TPSA) is 23.1 Å². The van der Waals surface area contributed by atoms with E-state index in [9.17, 15) is 5.21 Å². The summed E-state index contributed by atoms with van der Waals surface area (Å²) < 4.78 is -0.0972. The van der Waals surface area contributed by atoms with E-state index in [0.717, 1.165) is 12.8 Å². The van der Waals surface area contributed by atoms with Gasteiger partial charge in [0.05, 0.1) is 19.6 Å². The lowest BCUT2D eigenvalue weighted by molar-refractivity contribution is -0.871. The molecule has 0 N–H and O–H groups in total. The van der Waals surface area contributed by atoms with Crippen LogP contribution in [-0.4, -0.2) is 24.3 Å². The number of quaternary nitrogens is 1. The van der Waals surface area contributed by atoms with Crippen molar-refractivity contribution in [2.24, 2.45) is 0 Å². The Hall–Kier alpha value is -0.600. The summed E-state index contributed by atoms with van der Waals surface area (Å²) in [6, 6.07) is 0. The zero-order valence-corrected chi connectivity index (χ0v) is 11.5. The average Bonchev–Trinajstić information content (AvgIpc) is 2.25. The lowest BCUT2D eigenvalue weighted by atomic mass is 10.1. The summed E-state index contributed by atoms with van der Waals surface area (Å²) in [6.07, 6.45) is 6.51. The van der Waals surface area contributed by atoms with Gasteiger partial charge in [-0.1, -0.05) is 17.2 Å². The fraction of sp³-hybridized carbons (Fsp3) is 0.714. The summed E-state index contributed by atoms with van der Waals surface area (Å²) in [5, 5.41) is 12.0. The third-order valence-electron chi connectivity index (χ3n) is 3.02. The average molecular weight is 225 g/mol. The molecule has 0 amide bonds. The molecule has 0 atom stereocenters. The second-order valence-electron chi connectivity index (χ2n) is 4.74. The second-order valence-corrected chi connectivity index (χ2v) is 4.74. The monoisotopic (exact) mass is 225 g/mol. The first-order valence-corrected chi connectivity index (χ1v) is 6.29. The van der Waals surface area contributed by atoms with Crippen LogP contribution in [0.3, 0.4) is 0 Å². The zero-order chi connectivity index (χ0) is 12.6. The molecule has 0 bridgehead atoms. The van der Waals surface area contributed by atoms with Gasteiger partial charge in [-0.3, -0.25) is 0 Å². The first kappa shape index (κ1) is 15.4. The van der Waals surface area contributed by atoms with Gasteiger partial charge in [-0.05, 0) is 53.5 Å². The van der Waals surface area contributed by atoms with Gasteiger partial charge in [0.2, 0.25) is 0 Å². The summed E-state index contributed by atoms with van der Waals surface area (Å²) in [6.45, 7) is 12.2. The van der Waals surface area contributed by atoms with Gasteiger partial charge in [0.25, 0.3) is 0 Å². The van der Waals surface area contributed by atoms with Crippen LogP contribution in [0, 0.1) is 5.21 Å². The van der Waals surface area contributed by atoms with Crippen LogP contribution in [0.5, 0.6) is 0 Å². The number of hydrogen-bond acceptors (Lipinski definition) is 1. The predicted octanol–water partition coefficient (Wildman–Crippen LogP) is 4.03. The molecule has 0 unspecified atom stereocenters. The summed E-state index contributed by atoms with van der Waals surface area (Å²) in [4.78, 5) is 0. The molecule has 0 spiro atoms. The summed E-state index contributed by atoms with van der Waals surface area (Å²) >= 11 is 0. The molecule has 0 aliphatic heterocycles. The molecule has 0 fully saturated rings. The molecule has 0 rings (SSSR count). The smallest absolute Gasteiger partial charge is 0.0973 e. The standard InChI is InChI=1S/C14H27NO/c1-6-15(16,7-2)12-11-14(5)10-8-9-13(3)4/h9,11H,6-8,10,12H2,1-5H3/b14-11-. The summed E-state index contributed by atoms with van der Waals surface area (Å²) in [7, 11) is 0. The molecule has 2 heteroatoms. The van der Waals surface area contributed by atoms with Crippen LogP contribution in [0.15, 0.2) is 23.3 Å². The number of allylic oxidation sites excluding steroid dienone is 3. The van der Waals surface area contributed by atoms with E-state index >= 15 is 0 Å². The van der Waals surface area contributed by atoms with Crippen molar-refractivity contribution in [2.75, 3.05) is 19.6 Å². The first-order chi connectivity index (χ1) is 7.43. The van der Waals surface area contributed by atoms with Gasteiger partial charge in [0.15, 0.2) is 0 Å². The molecule has 0 radical (unpaired) electrons. The van der Waals surface area contributed by atoms with Crippen molar-refractivity contribution in [1.82, 2.24) is 0 Å². The zero-order valence-electron chi connectivity index (χ0n) is 11.5. The van der Waals surface area contributed by atoms with Gasteiger partial charge in [0, 0.05) is 0 Å². The normalized spacial score (nSPS) is 12.8. The highest BCUT2D eigenvalue weighted by Gasteiger charge is 2.08. The Morgan fingerprint density at radius 3 is 2.06 bits per heavy atom. The summed E-state index contributed by atoms with van der Waals surface area (Å²) in [5.74, 6) is 0. The van der Waals surface area contributed by atoms with E-state index < -0.39 is 0 Å². The van der Waals surface area contributed by atoms with Crippen molar-refractivity contribution in [2.45, 2.75) is 47.5 Å². The molecule has 0 saturated carbocycles. The van der Waals surface area contributed by atoms with Crippen LogP contribution in [-0.2, 0) is 0 Å².